The molecule has 0 spiro atoms. The van der Waals surface area contributed by atoms with E-state index in [0.717, 1.165) is 19.0 Å². The molecular formula is C13H28N4. The predicted octanol–water partition coefficient (Wildman–Crippen LogP) is 1.44. The van der Waals surface area contributed by atoms with Crippen molar-refractivity contribution in [1.29, 1.82) is 0 Å². The Balaban J connectivity index is 1.99. The Morgan fingerprint density at radius 2 is 1.76 bits per heavy atom. The Bertz CT molecular complexity index is 209. The average molecular weight is 240 g/mol. The molecule has 0 aromatic heterocycles. The zero-order valence-corrected chi connectivity index (χ0v) is 11.5. The van der Waals surface area contributed by atoms with Gasteiger partial charge in [0.1, 0.15) is 0 Å². The second kappa shape index (κ2) is 9.28. The molecule has 0 bridgehead atoms. The molecule has 4 nitrogen and oxygen atoms in total. The van der Waals surface area contributed by atoms with Crippen LogP contribution >= 0.6 is 0 Å². The molecule has 1 aliphatic heterocycles. The maximum Gasteiger partial charge on any atom is 0.190 e. The van der Waals surface area contributed by atoms with Crippen molar-refractivity contribution >= 4 is 5.96 Å². The number of hydrogen-bond acceptors (Lipinski definition) is 2. The predicted molar refractivity (Wildman–Crippen MR) is 74.6 cm³/mol. The van der Waals surface area contributed by atoms with Crippen LogP contribution in [0.15, 0.2) is 4.99 Å². The van der Waals surface area contributed by atoms with Gasteiger partial charge in [-0.2, -0.15) is 0 Å². The fourth-order valence-corrected chi connectivity index (χ4v) is 2.12. The van der Waals surface area contributed by atoms with Crippen molar-refractivity contribution in [3.05, 3.63) is 0 Å². The Kier molecular flexibility index (Phi) is 7.80. The van der Waals surface area contributed by atoms with E-state index in [2.05, 4.69) is 27.4 Å². The van der Waals surface area contributed by atoms with Crippen molar-refractivity contribution in [2.75, 3.05) is 39.8 Å². The maximum atomic E-state index is 4.21. The molecule has 0 aromatic rings. The Labute approximate surface area is 106 Å². The van der Waals surface area contributed by atoms with E-state index in [-0.39, 0.29) is 0 Å². The lowest BCUT2D eigenvalue weighted by atomic mass is 10.3. The van der Waals surface area contributed by atoms with E-state index < -0.39 is 0 Å². The maximum absolute atomic E-state index is 4.21. The minimum Gasteiger partial charge on any atom is -0.356 e. The highest BCUT2D eigenvalue weighted by Crippen LogP contribution is 2.06. The first-order chi connectivity index (χ1) is 8.36. The monoisotopic (exact) mass is 240 g/mol. The Morgan fingerprint density at radius 1 is 1.12 bits per heavy atom. The number of likely N-dealkylation sites (tertiary alicyclic amines) is 1. The fourth-order valence-electron chi connectivity index (χ4n) is 2.12. The van der Waals surface area contributed by atoms with Gasteiger partial charge in [0.25, 0.3) is 0 Å². The lowest BCUT2D eigenvalue weighted by Crippen LogP contribution is -2.39. The molecule has 17 heavy (non-hydrogen) atoms. The van der Waals surface area contributed by atoms with Crippen LogP contribution < -0.4 is 10.6 Å². The number of aliphatic imine (C=N–C) groups is 1. The first-order valence-corrected chi connectivity index (χ1v) is 7.03. The van der Waals surface area contributed by atoms with Gasteiger partial charge >= 0.3 is 0 Å². The zero-order chi connectivity index (χ0) is 12.3. The molecule has 1 saturated heterocycles. The third-order valence-corrected chi connectivity index (χ3v) is 3.19. The molecule has 0 aromatic carbocycles. The Hall–Kier alpha value is -0.770. The van der Waals surface area contributed by atoms with Crippen LogP contribution in [0, 0.1) is 0 Å². The number of guanidine groups is 1. The molecule has 100 valence electrons. The van der Waals surface area contributed by atoms with Gasteiger partial charge in [0.05, 0.1) is 0 Å². The molecular weight excluding hydrogens is 212 g/mol. The van der Waals surface area contributed by atoms with Gasteiger partial charge in [0.15, 0.2) is 5.96 Å². The largest absolute Gasteiger partial charge is 0.356 e. The molecule has 1 heterocycles. The van der Waals surface area contributed by atoms with Crippen LogP contribution in [0.5, 0.6) is 0 Å². The highest BCUT2D eigenvalue weighted by molar-refractivity contribution is 5.79. The summed E-state index contributed by atoms with van der Waals surface area (Å²) in [6, 6.07) is 0. The summed E-state index contributed by atoms with van der Waals surface area (Å²) < 4.78 is 0. The van der Waals surface area contributed by atoms with Crippen LogP contribution in [0.1, 0.15) is 39.0 Å². The van der Waals surface area contributed by atoms with Crippen LogP contribution in [-0.2, 0) is 0 Å². The van der Waals surface area contributed by atoms with E-state index in [1.54, 1.807) is 0 Å². The fraction of sp³-hybridized carbons (Fsp3) is 0.923. The summed E-state index contributed by atoms with van der Waals surface area (Å²) in [5, 5.41) is 6.69. The Morgan fingerprint density at radius 3 is 2.35 bits per heavy atom. The lowest BCUT2D eigenvalue weighted by Gasteiger charge is -2.15. The van der Waals surface area contributed by atoms with E-state index in [4.69, 9.17) is 0 Å². The molecule has 1 rings (SSSR count). The number of unbranched alkanes of at least 4 members (excludes halogenated alkanes) is 1. The number of rotatable bonds is 7. The molecule has 0 saturated carbocycles. The minimum absolute atomic E-state index is 0.944. The molecule has 0 aliphatic carbocycles. The van der Waals surface area contributed by atoms with Gasteiger partial charge in [-0.3, -0.25) is 4.99 Å². The second-order valence-electron chi connectivity index (χ2n) is 4.68. The van der Waals surface area contributed by atoms with E-state index >= 15 is 0 Å². The van der Waals surface area contributed by atoms with Crippen molar-refractivity contribution < 1.29 is 0 Å². The molecule has 0 unspecified atom stereocenters. The summed E-state index contributed by atoms with van der Waals surface area (Å²) in [4.78, 5) is 6.76. The molecule has 4 heteroatoms. The topological polar surface area (TPSA) is 39.7 Å². The van der Waals surface area contributed by atoms with E-state index in [1.807, 2.05) is 7.05 Å². The minimum atomic E-state index is 0.944. The average Bonchev–Trinajstić information content (AvgIpc) is 2.85. The molecule has 0 radical (unpaired) electrons. The van der Waals surface area contributed by atoms with Crippen molar-refractivity contribution in [2.45, 2.75) is 39.0 Å². The third-order valence-electron chi connectivity index (χ3n) is 3.19. The third kappa shape index (κ3) is 6.51. The smallest absolute Gasteiger partial charge is 0.190 e. The van der Waals surface area contributed by atoms with E-state index in [1.165, 1.54) is 51.7 Å². The summed E-state index contributed by atoms with van der Waals surface area (Å²) in [5.41, 5.74) is 0. The second-order valence-corrected chi connectivity index (χ2v) is 4.68. The molecule has 0 atom stereocenters. The van der Waals surface area contributed by atoms with Gasteiger partial charge < -0.3 is 15.5 Å². The standard InChI is InChI=1S/C13H28N4/c1-3-4-8-15-13(14-2)16-9-7-12-17-10-5-6-11-17/h3-12H2,1-2H3,(H2,14,15,16). The highest BCUT2D eigenvalue weighted by atomic mass is 15.2. The van der Waals surface area contributed by atoms with Gasteiger partial charge in [-0.05, 0) is 45.3 Å². The molecule has 1 aliphatic rings. The van der Waals surface area contributed by atoms with Crippen LogP contribution in [0.2, 0.25) is 0 Å². The van der Waals surface area contributed by atoms with Crippen molar-refractivity contribution in [2.24, 2.45) is 4.99 Å². The summed E-state index contributed by atoms with van der Waals surface area (Å²) in [5.74, 6) is 0.944. The first-order valence-electron chi connectivity index (χ1n) is 7.03. The number of nitrogens with zero attached hydrogens (tertiary/aromatic N) is 2. The van der Waals surface area contributed by atoms with Crippen LogP contribution in [0.3, 0.4) is 0 Å². The lowest BCUT2D eigenvalue weighted by molar-refractivity contribution is 0.334. The summed E-state index contributed by atoms with van der Waals surface area (Å²) in [7, 11) is 1.84. The van der Waals surface area contributed by atoms with Crippen molar-refractivity contribution in [3.63, 3.8) is 0 Å². The highest BCUT2D eigenvalue weighted by Gasteiger charge is 2.10. The quantitative estimate of drug-likeness (QED) is 0.402. The van der Waals surface area contributed by atoms with Crippen LogP contribution in [-0.4, -0.2) is 50.6 Å². The SMILES string of the molecule is CCCCNC(=NC)NCCCN1CCCC1. The first kappa shape index (κ1) is 14.3. The summed E-state index contributed by atoms with van der Waals surface area (Å²) in [6.07, 6.45) is 6.39. The normalized spacial score (nSPS) is 17.4. The van der Waals surface area contributed by atoms with Crippen molar-refractivity contribution in [3.8, 4) is 0 Å². The van der Waals surface area contributed by atoms with Gasteiger partial charge in [-0.25, -0.2) is 0 Å². The number of hydrogen-bond donors (Lipinski definition) is 2. The summed E-state index contributed by atoms with van der Waals surface area (Å²) in [6.45, 7) is 8.05. The van der Waals surface area contributed by atoms with Crippen LogP contribution in [0.25, 0.3) is 0 Å². The van der Waals surface area contributed by atoms with Gasteiger partial charge in [0.2, 0.25) is 0 Å². The van der Waals surface area contributed by atoms with Crippen molar-refractivity contribution in [1.82, 2.24) is 15.5 Å². The van der Waals surface area contributed by atoms with E-state index in [9.17, 15) is 0 Å². The summed E-state index contributed by atoms with van der Waals surface area (Å²) >= 11 is 0. The van der Waals surface area contributed by atoms with Gasteiger partial charge in [-0.15, -0.1) is 0 Å². The van der Waals surface area contributed by atoms with Gasteiger partial charge in [0, 0.05) is 20.1 Å². The zero-order valence-electron chi connectivity index (χ0n) is 11.5. The molecule has 2 N–H and O–H groups in total. The van der Waals surface area contributed by atoms with Crippen LogP contribution in [0.4, 0.5) is 0 Å². The van der Waals surface area contributed by atoms with E-state index in [0.29, 0.717) is 0 Å². The number of nitrogens with one attached hydrogen (secondary N) is 2. The molecule has 1 fully saturated rings. The van der Waals surface area contributed by atoms with Gasteiger partial charge in [-0.1, -0.05) is 13.3 Å². The molecule has 0 amide bonds.